The molecule has 1 unspecified atom stereocenters. The number of Topliss-reactive ketones (excluding diaryl/α,β-unsaturated/α-hetero) is 5. The topological polar surface area (TPSA) is 476 Å². The molecule has 0 amide bonds. The van der Waals surface area contributed by atoms with Crippen molar-refractivity contribution in [3.05, 3.63) is 161 Å². The molecule has 0 radical (unpaired) electrons. The highest BCUT2D eigenvalue weighted by Crippen LogP contribution is 2.14. The summed E-state index contributed by atoms with van der Waals surface area (Å²) < 4.78 is 142. The zero-order chi connectivity index (χ0) is 106. The maximum absolute atomic E-state index is 12.9. The van der Waals surface area contributed by atoms with E-state index in [0.717, 1.165) is 32.1 Å². The number of ketones is 5. The summed E-state index contributed by atoms with van der Waals surface area (Å²) in [5.41, 5.74) is -5.17. The summed E-state index contributed by atoms with van der Waals surface area (Å²) in [6.45, 7) is 4.21. The van der Waals surface area contributed by atoms with Gasteiger partial charge in [-0.05, 0) is 146 Å². The van der Waals surface area contributed by atoms with Crippen molar-refractivity contribution in [2.75, 3.05) is 0 Å². The molecule has 668 valence electrons. The molecule has 12 aromatic heterocycles. The number of rotatable bonds is 30. The quantitative estimate of drug-likeness (QED) is 0.0628. The van der Waals surface area contributed by atoms with Crippen LogP contribution in [0.3, 0.4) is 0 Å². The van der Waals surface area contributed by atoms with Gasteiger partial charge in [-0.25, -0.2) is 58.7 Å². The Morgan fingerprint density at radius 2 is 0.553 bits per heavy atom. The second-order valence-corrected chi connectivity index (χ2v) is 29.4. The van der Waals surface area contributed by atoms with Crippen LogP contribution in [0, 0.1) is 20.8 Å². The molecule has 123 heavy (non-hydrogen) atoms. The third-order valence-electron chi connectivity index (χ3n) is 19.9. The molecule has 0 aliphatic carbocycles. The van der Waals surface area contributed by atoms with Crippen LogP contribution in [0.1, 0.15) is 196 Å². The Morgan fingerprint density at radius 3 is 0.813 bits per heavy atom. The summed E-state index contributed by atoms with van der Waals surface area (Å²) in [5, 5.41) is 9.34. The lowest BCUT2D eigenvalue weighted by Gasteiger charge is -2.09. The molecule has 42 heteroatoms. The number of carbonyl (C=O) groups excluding carboxylic acids is 5. The number of nitrogens with zero attached hydrogens (tertiary/aromatic N) is 24. The monoisotopic (exact) mass is 1730 g/mol. The van der Waals surface area contributed by atoms with Crippen molar-refractivity contribution in [2.45, 2.75) is 223 Å². The molecule has 0 spiro atoms. The summed E-state index contributed by atoms with van der Waals surface area (Å²) in [5.74, 6) is -1.15. The van der Waals surface area contributed by atoms with Gasteiger partial charge in [-0.3, -0.25) is 83.6 Å². The molecule has 0 aliphatic rings. The minimum absolute atomic E-state index is 0.0241. The minimum atomic E-state index is -3.04. The Kier molecular flexibility index (Phi) is 26.1. The van der Waals surface area contributed by atoms with Gasteiger partial charge in [-0.2, -0.15) is 0 Å². The van der Waals surface area contributed by atoms with Gasteiger partial charge in [0.15, 0.2) is 67.0 Å². The van der Waals surface area contributed by atoms with Crippen LogP contribution >= 0.6 is 0 Å². The first-order chi connectivity index (χ1) is 63.9. The highest BCUT2D eigenvalue weighted by Gasteiger charge is 2.23. The fourth-order valence-electron chi connectivity index (χ4n) is 13.1. The van der Waals surface area contributed by atoms with Crippen LogP contribution in [0.2, 0.25) is 0 Å². The van der Waals surface area contributed by atoms with Crippen LogP contribution in [-0.2, 0) is 148 Å². The summed E-state index contributed by atoms with van der Waals surface area (Å²) in [4.78, 5) is 229. The average molecular weight is 1730 g/mol. The van der Waals surface area contributed by atoms with Gasteiger partial charge >= 0.3 is 34.1 Å². The van der Waals surface area contributed by atoms with E-state index in [9.17, 15) is 86.6 Å². The Hall–Kier alpha value is -12.8. The van der Waals surface area contributed by atoms with Crippen LogP contribution in [0.15, 0.2) is 76.5 Å². The van der Waals surface area contributed by atoms with Crippen molar-refractivity contribution >= 4 is 95.9 Å². The lowest BCUT2D eigenvalue weighted by molar-refractivity contribution is -0.118. The van der Waals surface area contributed by atoms with Crippen molar-refractivity contribution in [3.8, 4) is 0 Å². The third kappa shape index (κ3) is 22.5. The van der Waals surface area contributed by atoms with E-state index < -0.39 is 121 Å². The summed E-state index contributed by atoms with van der Waals surface area (Å²) >= 11 is 0. The van der Waals surface area contributed by atoms with Gasteiger partial charge in [-0.15, -0.1) is 0 Å². The van der Waals surface area contributed by atoms with E-state index in [4.69, 9.17) is 21.9 Å². The molecule has 0 aliphatic heterocycles. The largest absolute Gasteiger partial charge is 0.393 e. The maximum atomic E-state index is 12.9. The summed E-state index contributed by atoms with van der Waals surface area (Å²) in [7, 11) is 14.6. The number of hydrogen-bond acceptors (Lipinski definition) is 24. The second-order valence-electron chi connectivity index (χ2n) is 29.4. The SMILES string of the molecule is CC(=O)CCCCn1c(=O)c2c(ncn2C)n(C)c1=O.CC(=O)CCCCn1c(=O)c2c(ncn2C)n(C)c1=O.[2H]C(C)(O)CCCCn1c(=O)c2c(ncn2C)n(C)c1=O.[2H]C([2H])(CCCn1c(=O)c2c(nc(C)n2C([2H])([2H])[2H])n(C([2H])([2H])[2H])c1=O)C(C)=O.[2H]C([2H])(CCCn1c(=O)c2c(nc(C)n2C([2H])([2H])[2H])n(C)c1=O)C(C)=O.[2H]C([2H])(CCCn1c(=O)c2c(nc(C)n2C)n(C)c1=O)C(C)=O. The first kappa shape index (κ1) is 75.2. The summed E-state index contributed by atoms with van der Waals surface area (Å²) in [6.07, 6.45) is 1.51. The van der Waals surface area contributed by atoms with Gasteiger partial charge < -0.3 is 56.5 Å². The van der Waals surface area contributed by atoms with Crippen LogP contribution < -0.4 is 67.5 Å². The van der Waals surface area contributed by atoms with Gasteiger partial charge in [0.05, 0.1) is 26.4 Å². The smallest absolute Gasteiger partial charge is 0.332 e. The molecule has 0 aromatic carbocycles. The standard InChI is InChI=1S/3C14H20N4O3.C13H20N4O3.2C13H18N4O3/c3*1-9(19)7-5-6-8-18-13(20)11-12(17(4)14(18)21)15-10(2)16(11)3;3*1-9(18)6-4-5-7-17-12(19)10-11(14-8-15(10)2)16(3)13(17)20/h3*5-8H2,1-4H3;8-9,18H,4-7H2,1-3H3;2*8H,4-7H2,1-3H3/i3D3,4D3,7D2;3D3,7D2;7D2;9D;;. The number of fused-ring (bicyclic) bond motifs is 6. The zero-order valence-corrected chi connectivity index (χ0v) is 72.2. The van der Waals surface area contributed by atoms with Crippen LogP contribution in [-0.4, -0.2) is 152 Å². The molecule has 42 nitrogen and oxygen atoms in total. The lowest BCUT2D eigenvalue weighted by atomic mass is 10.2. The van der Waals surface area contributed by atoms with E-state index in [1.165, 1.54) is 99.5 Å². The highest BCUT2D eigenvalue weighted by atomic mass is 16.3. The van der Waals surface area contributed by atoms with E-state index in [1.54, 1.807) is 81.6 Å². The normalized spacial score (nSPS) is 14.3. The lowest BCUT2D eigenvalue weighted by Crippen LogP contribution is -2.39. The van der Waals surface area contributed by atoms with E-state index in [1.807, 2.05) is 0 Å². The Labute approximate surface area is 725 Å². The third-order valence-corrected chi connectivity index (χ3v) is 19.9. The second kappa shape index (κ2) is 42.6. The molecule has 1 N–H and O–H groups in total. The number of aliphatic hydroxyl groups is 1. The number of aryl methyl sites for hydroxylation is 15. The molecular formula is C81H116N24O18. The van der Waals surface area contributed by atoms with Crippen molar-refractivity contribution in [1.29, 1.82) is 0 Å². The molecule has 0 bridgehead atoms. The molecule has 0 saturated heterocycles. The number of hydrogen-bond donors (Lipinski definition) is 1. The number of unbranched alkanes of at least 4 members (excludes halogenated alkanes) is 3. The van der Waals surface area contributed by atoms with Crippen LogP contribution in [0.4, 0.5) is 0 Å². The number of imidazole rings is 6. The predicted octanol–water partition coefficient (Wildman–Crippen LogP) is 1.88. The van der Waals surface area contributed by atoms with Crippen molar-refractivity contribution in [1.82, 2.24) is 112 Å². The molecule has 12 heterocycles. The molecule has 12 aromatic rings. The molecule has 12 rings (SSSR count). The highest BCUT2D eigenvalue weighted by molar-refractivity contribution is 5.78. The van der Waals surface area contributed by atoms with Crippen molar-refractivity contribution in [2.24, 2.45) is 84.4 Å². The van der Waals surface area contributed by atoms with E-state index in [-0.39, 0.29) is 125 Å². The fraction of sp³-hybridized carbons (Fsp3) is 0.568. The summed E-state index contributed by atoms with van der Waals surface area (Å²) in [6, 6.07) is 0. The van der Waals surface area contributed by atoms with Gasteiger partial charge in [-0.1, -0.05) is 0 Å². The first-order valence-electron chi connectivity index (χ1n) is 47.1. The zero-order valence-electron chi connectivity index (χ0n) is 88.2. The maximum Gasteiger partial charge on any atom is 0.332 e. The molecular weight excluding hydrogens is 1600 g/mol. The van der Waals surface area contributed by atoms with Gasteiger partial charge in [0.2, 0.25) is 0 Å². The molecule has 0 fully saturated rings. The predicted molar refractivity (Wildman–Crippen MR) is 464 cm³/mol. The Morgan fingerprint density at radius 1 is 0.325 bits per heavy atom. The van der Waals surface area contributed by atoms with Crippen molar-refractivity contribution < 1.29 is 51.0 Å². The Bertz CT molecular complexity index is 7390. The van der Waals surface area contributed by atoms with Crippen LogP contribution in [0.5, 0.6) is 0 Å². The van der Waals surface area contributed by atoms with Crippen LogP contribution in [0.25, 0.3) is 67.0 Å². The van der Waals surface area contributed by atoms with Gasteiger partial charge in [0, 0.05) is 176 Å². The van der Waals surface area contributed by atoms with E-state index in [0.29, 0.717) is 130 Å². The molecule has 1 atom stereocenters. The number of carbonyl (C=O) groups is 5. The van der Waals surface area contributed by atoms with Crippen molar-refractivity contribution in [3.63, 3.8) is 0 Å². The fourth-order valence-corrected chi connectivity index (χ4v) is 13.1. The number of aromatic nitrogens is 24. The van der Waals surface area contributed by atoms with E-state index in [2.05, 4.69) is 29.9 Å². The average Bonchev–Trinajstić information content (AvgIpc) is 1.58. The van der Waals surface area contributed by atoms with Gasteiger partial charge in [0.1, 0.15) is 46.4 Å². The van der Waals surface area contributed by atoms with Gasteiger partial charge in [0.25, 0.3) is 33.4 Å². The minimum Gasteiger partial charge on any atom is -0.393 e. The van der Waals surface area contributed by atoms with E-state index >= 15 is 0 Å². The Balaban J connectivity index is 0.000000228. The molecule has 0 saturated carbocycles. The first-order valence-corrected chi connectivity index (χ1v) is 39.1.